The molecule has 4 heterocycles. The number of fused-ring (bicyclic) bond motifs is 2. The maximum atomic E-state index is 14.2. The van der Waals surface area contributed by atoms with Crippen LogP contribution in [0.25, 0.3) is 5.65 Å². The molecular weight excluding hydrogens is 397 g/mol. The van der Waals surface area contributed by atoms with Crippen LogP contribution in [0.15, 0.2) is 35.1 Å². The first kappa shape index (κ1) is 19.9. The highest BCUT2D eigenvalue weighted by Gasteiger charge is 2.30. The zero-order chi connectivity index (χ0) is 21.5. The molecule has 1 amide bonds. The first-order valence-corrected chi connectivity index (χ1v) is 10.9. The van der Waals surface area contributed by atoms with E-state index in [1.807, 2.05) is 25.1 Å². The Morgan fingerprint density at radius 3 is 2.94 bits per heavy atom. The van der Waals surface area contributed by atoms with Gasteiger partial charge in [0.25, 0.3) is 5.56 Å². The number of benzene rings is 1. The third-order valence-corrected chi connectivity index (χ3v) is 6.50. The van der Waals surface area contributed by atoms with Crippen LogP contribution in [0.5, 0.6) is 0 Å². The minimum absolute atomic E-state index is 0.0795. The fourth-order valence-corrected chi connectivity index (χ4v) is 4.83. The van der Waals surface area contributed by atoms with E-state index in [0.717, 1.165) is 25.1 Å². The predicted octanol–water partition coefficient (Wildman–Crippen LogP) is 2.79. The number of amides is 1. The summed E-state index contributed by atoms with van der Waals surface area (Å²) in [6.07, 6.45) is 2.92. The normalized spacial score (nSPS) is 19.2. The number of carbonyl (C=O) groups is 1. The molecule has 8 heteroatoms. The molecule has 162 valence electrons. The Morgan fingerprint density at radius 2 is 2.13 bits per heavy atom. The third-order valence-electron chi connectivity index (χ3n) is 6.50. The first-order chi connectivity index (χ1) is 15.0. The molecule has 7 nitrogen and oxygen atoms in total. The quantitative estimate of drug-likeness (QED) is 0.700. The van der Waals surface area contributed by atoms with E-state index in [-0.39, 0.29) is 23.3 Å². The molecule has 1 atom stereocenters. The Balaban J connectivity index is 1.46. The van der Waals surface area contributed by atoms with Crippen molar-refractivity contribution in [3.63, 3.8) is 0 Å². The minimum atomic E-state index is -0.193. The van der Waals surface area contributed by atoms with Crippen molar-refractivity contribution in [3.05, 3.63) is 69.0 Å². The molecule has 2 aromatic heterocycles. The monoisotopic (exact) mass is 423 g/mol. The van der Waals surface area contributed by atoms with Gasteiger partial charge in [0, 0.05) is 36.7 Å². The number of aromatic amines is 1. The van der Waals surface area contributed by atoms with Gasteiger partial charge >= 0.3 is 0 Å². The summed E-state index contributed by atoms with van der Waals surface area (Å²) in [5, 5.41) is 3.26. The lowest BCUT2D eigenvalue weighted by Crippen LogP contribution is -2.39. The van der Waals surface area contributed by atoms with Crippen molar-refractivity contribution in [2.75, 3.05) is 13.1 Å². The zero-order valence-electron chi connectivity index (χ0n) is 17.6. The van der Waals surface area contributed by atoms with Crippen LogP contribution in [0, 0.1) is 5.82 Å². The van der Waals surface area contributed by atoms with E-state index in [4.69, 9.17) is 4.98 Å². The molecule has 2 aliphatic heterocycles. The Hall–Kier alpha value is -3.00. The number of nitrogens with one attached hydrogen (secondary N) is 1. The van der Waals surface area contributed by atoms with Gasteiger partial charge in [-0.25, -0.2) is 13.9 Å². The van der Waals surface area contributed by atoms with Crippen LogP contribution in [-0.2, 0) is 24.3 Å². The van der Waals surface area contributed by atoms with Gasteiger partial charge in [-0.3, -0.25) is 19.6 Å². The first-order valence-electron chi connectivity index (χ1n) is 10.9. The summed E-state index contributed by atoms with van der Waals surface area (Å²) >= 11 is 0. The van der Waals surface area contributed by atoms with E-state index in [0.29, 0.717) is 54.9 Å². The molecule has 1 N–H and O–H groups in total. The van der Waals surface area contributed by atoms with Gasteiger partial charge in [-0.05, 0) is 31.9 Å². The summed E-state index contributed by atoms with van der Waals surface area (Å²) in [6, 6.07) is 8.87. The SMILES string of the molecule is CCC(=O)N1CCc2c(nc3cc([C@@H]4CCCN4Cc4ccccc4F)[nH]n3c2=O)C1. The number of nitrogens with zero attached hydrogens (tertiary/aromatic N) is 4. The molecule has 0 unspecified atom stereocenters. The molecule has 2 aliphatic rings. The maximum absolute atomic E-state index is 14.2. The van der Waals surface area contributed by atoms with E-state index in [9.17, 15) is 14.0 Å². The van der Waals surface area contributed by atoms with Crippen molar-refractivity contribution in [2.45, 2.75) is 51.7 Å². The standard InChI is InChI=1S/C23H26FN5O2/c1-2-22(30)28-11-9-16-19(14-28)25-21-12-18(26-29(21)23(16)31)20-8-5-10-27(20)13-15-6-3-4-7-17(15)24/h3-4,6-7,12,20,26H,2,5,8-11,13-14H2,1H3/t20-/m0/s1. The summed E-state index contributed by atoms with van der Waals surface area (Å²) in [5.74, 6) is -0.112. The van der Waals surface area contributed by atoms with Crippen LogP contribution < -0.4 is 5.56 Å². The van der Waals surface area contributed by atoms with Crippen molar-refractivity contribution >= 4 is 11.6 Å². The molecule has 5 rings (SSSR count). The minimum Gasteiger partial charge on any atom is -0.336 e. The largest absolute Gasteiger partial charge is 0.336 e. The molecule has 0 spiro atoms. The molecular formula is C23H26FN5O2. The van der Waals surface area contributed by atoms with Crippen molar-refractivity contribution in [1.29, 1.82) is 0 Å². The van der Waals surface area contributed by atoms with Gasteiger partial charge in [0.15, 0.2) is 5.65 Å². The topological polar surface area (TPSA) is 73.7 Å². The molecule has 1 saturated heterocycles. The zero-order valence-corrected chi connectivity index (χ0v) is 17.6. The van der Waals surface area contributed by atoms with Crippen LogP contribution in [0.1, 0.15) is 54.7 Å². The Labute approximate surface area is 179 Å². The molecule has 0 aliphatic carbocycles. The fraction of sp³-hybridized carbons (Fsp3) is 0.435. The summed E-state index contributed by atoms with van der Waals surface area (Å²) in [7, 11) is 0. The van der Waals surface area contributed by atoms with E-state index >= 15 is 0 Å². The molecule has 1 fully saturated rings. The van der Waals surface area contributed by atoms with E-state index in [2.05, 4.69) is 10.00 Å². The van der Waals surface area contributed by atoms with Gasteiger partial charge in [0.1, 0.15) is 5.82 Å². The second kappa shape index (κ2) is 7.92. The average Bonchev–Trinajstić information content (AvgIpc) is 3.41. The molecule has 0 saturated carbocycles. The fourth-order valence-electron chi connectivity index (χ4n) is 4.83. The molecule has 3 aromatic rings. The van der Waals surface area contributed by atoms with Gasteiger partial charge in [-0.2, -0.15) is 0 Å². The number of H-pyrrole nitrogens is 1. The lowest BCUT2D eigenvalue weighted by Gasteiger charge is -2.27. The van der Waals surface area contributed by atoms with Gasteiger partial charge in [0.05, 0.1) is 24.0 Å². The number of rotatable bonds is 4. The summed E-state index contributed by atoms with van der Waals surface area (Å²) < 4.78 is 15.7. The number of hydrogen-bond donors (Lipinski definition) is 1. The van der Waals surface area contributed by atoms with Gasteiger partial charge in [-0.15, -0.1) is 0 Å². The highest BCUT2D eigenvalue weighted by Crippen LogP contribution is 2.33. The Bertz CT molecular complexity index is 1200. The number of hydrogen-bond acceptors (Lipinski definition) is 4. The van der Waals surface area contributed by atoms with Crippen LogP contribution in [0.2, 0.25) is 0 Å². The van der Waals surface area contributed by atoms with Crippen molar-refractivity contribution < 1.29 is 9.18 Å². The Morgan fingerprint density at radius 1 is 1.29 bits per heavy atom. The van der Waals surface area contributed by atoms with Crippen LogP contribution in [-0.4, -0.2) is 43.4 Å². The molecule has 0 radical (unpaired) electrons. The van der Waals surface area contributed by atoms with Crippen LogP contribution >= 0.6 is 0 Å². The number of halogens is 1. The predicted molar refractivity (Wildman–Crippen MR) is 114 cm³/mol. The molecule has 0 bridgehead atoms. The maximum Gasteiger partial charge on any atom is 0.276 e. The lowest BCUT2D eigenvalue weighted by molar-refractivity contribution is -0.131. The van der Waals surface area contributed by atoms with Gasteiger partial charge < -0.3 is 4.90 Å². The highest BCUT2D eigenvalue weighted by molar-refractivity contribution is 5.76. The second-order valence-electron chi connectivity index (χ2n) is 8.39. The van der Waals surface area contributed by atoms with E-state index < -0.39 is 0 Å². The summed E-state index contributed by atoms with van der Waals surface area (Å²) in [5.41, 5.74) is 3.45. The lowest BCUT2D eigenvalue weighted by atomic mass is 10.1. The Kier molecular flexibility index (Phi) is 5.09. The summed E-state index contributed by atoms with van der Waals surface area (Å²) in [6.45, 7) is 4.18. The van der Waals surface area contributed by atoms with Gasteiger partial charge in [0.2, 0.25) is 5.91 Å². The summed E-state index contributed by atoms with van der Waals surface area (Å²) in [4.78, 5) is 33.9. The van der Waals surface area contributed by atoms with Crippen molar-refractivity contribution in [2.24, 2.45) is 0 Å². The average molecular weight is 423 g/mol. The highest BCUT2D eigenvalue weighted by atomic mass is 19.1. The van der Waals surface area contributed by atoms with E-state index in [1.54, 1.807) is 11.0 Å². The van der Waals surface area contributed by atoms with E-state index in [1.165, 1.54) is 10.6 Å². The van der Waals surface area contributed by atoms with Crippen LogP contribution in [0.3, 0.4) is 0 Å². The van der Waals surface area contributed by atoms with Crippen molar-refractivity contribution in [3.8, 4) is 0 Å². The number of aromatic nitrogens is 3. The second-order valence-corrected chi connectivity index (χ2v) is 8.39. The van der Waals surface area contributed by atoms with Crippen molar-refractivity contribution in [1.82, 2.24) is 24.4 Å². The number of likely N-dealkylation sites (tertiary alicyclic amines) is 1. The smallest absolute Gasteiger partial charge is 0.276 e. The van der Waals surface area contributed by atoms with Gasteiger partial charge in [-0.1, -0.05) is 25.1 Å². The third kappa shape index (κ3) is 3.54. The molecule has 1 aromatic carbocycles. The van der Waals surface area contributed by atoms with Crippen LogP contribution in [0.4, 0.5) is 4.39 Å². The number of carbonyl (C=O) groups excluding carboxylic acids is 1. The molecule has 31 heavy (non-hydrogen) atoms.